The van der Waals surface area contributed by atoms with Crippen LogP contribution in [0.3, 0.4) is 0 Å². The quantitative estimate of drug-likeness (QED) is 0.868. The van der Waals surface area contributed by atoms with Crippen molar-refractivity contribution in [3.8, 4) is 0 Å². The number of rotatable bonds is 6. The zero-order valence-electron chi connectivity index (χ0n) is 14.1. The fourth-order valence-electron chi connectivity index (χ4n) is 2.49. The minimum absolute atomic E-state index is 0.107. The highest BCUT2D eigenvalue weighted by atomic mass is 16.2. The van der Waals surface area contributed by atoms with E-state index in [4.69, 9.17) is 0 Å². The second kappa shape index (κ2) is 8.22. The predicted molar refractivity (Wildman–Crippen MR) is 96.9 cm³/mol. The largest absolute Gasteiger partial charge is 0.372 e. The van der Waals surface area contributed by atoms with Crippen LogP contribution in [0.15, 0.2) is 54.6 Å². The molecule has 122 valence electrons. The summed E-state index contributed by atoms with van der Waals surface area (Å²) in [6, 6.07) is 17.8. The Morgan fingerprint density at radius 1 is 0.957 bits per heavy atom. The molecule has 0 unspecified atom stereocenters. The smallest absolute Gasteiger partial charge is 0.321 e. The average molecular weight is 311 g/mol. The van der Waals surface area contributed by atoms with E-state index in [1.54, 1.807) is 11.9 Å². The van der Waals surface area contributed by atoms with Crippen molar-refractivity contribution in [2.45, 2.75) is 20.4 Å². The van der Waals surface area contributed by atoms with E-state index in [1.807, 2.05) is 54.6 Å². The summed E-state index contributed by atoms with van der Waals surface area (Å²) < 4.78 is 0. The van der Waals surface area contributed by atoms with Crippen molar-refractivity contribution in [2.24, 2.45) is 0 Å². The Bertz CT molecular complexity index is 606. The Hall–Kier alpha value is -2.49. The third-order valence-electron chi connectivity index (χ3n) is 3.86. The molecular weight excluding hydrogens is 286 g/mol. The summed E-state index contributed by atoms with van der Waals surface area (Å²) in [4.78, 5) is 16.2. The second-order valence-corrected chi connectivity index (χ2v) is 5.49. The van der Waals surface area contributed by atoms with Gasteiger partial charge in [0.25, 0.3) is 0 Å². The van der Waals surface area contributed by atoms with Gasteiger partial charge in [-0.05, 0) is 43.7 Å². The summed E-state index contributed by atoms with van der Waals surface area (Å²) in [5.74, 6) is 0. The predicted octanol–water partition coefficient (Wildman–Crippen LogP) is 4.20. The molecular formula is C19H25N3O. The molecule has 4 nitrogen and oxygen atoms in total. The number of amides is 2. The van der Waals surface area contributed by atoms with Crippen LogP contribution in [0.4, 0.5) is 16.2 Å². The Balaban J connectivity index is 1.94. The lowest BCUT2D eigenvalue weighted by Crippen LogP contribution is -2.30. The number of carbonyl (C=O) groups excluding carboxylic acids is 1. The highest BCUT2D eigenvalue weighted by molar-refractivity contribution is 5.89. The Morgan fingerprint density at radius 2 is 1.57 bits per heavy atom. The van der Waals surface area contributed by atoms with E-state index in [0.717, 1.165) is 24.3 Å². The van der Waals surface area contributed by atoms with Crippen molar-refractivity contribution < 1.29 is 4.79 Å². The van der Waals surface area contributed by atoms with Gasteiger partial charge in [0.15, 0.2) is 0 Å². The fourth-order valence-corrected chi connectivity index (χ4v) is 2.49. The van der Waals surface area contributed by atoms with E-state index >= 15 is 0 Å². The first-order chi connectivity index (χ1) is 11.1. The van der Waals surface area contributed by atoms with Gasteiger partial charge in [-0.3, -0.25) is 0 Å². The molecule has 0 aliphatic heterocycles. The van der Waals surface area contributed by atoms with Gasteiger partial charge in [-0.15, -0.1) is 0 Å². The van der Waals surface area contributed by atoms with Gasteiger partial charge in [-0.25, -0.2) is 4.79 Å². The van der Waals surface area contributed by atoms with Crippen molar-refractivity contribution in [2.75, 3.05) is 30.4 Å². The molecule has 2 amide bonds. The van der Waals surface area contributed by atoms with Crippen LogP contribution in [-0.4, -0.2) is 31.1 Å². The maximum absolute atomic E-state index is 12.3. The average Bonchev–Trinajstić information content (AvgIpc) is 2.58. The molecule has 0 radical (unpaired) electrons. The van der Waals surface area contributed by atoms with Gasteiger partial charge >= 0.3 is 6.03 Å². The summed E-state index contributed by atoms with van der Waals surface area (Å²) in [5, 5.41) is 2.93. The van der Waals surface area contributed by atoms with Crippen molar-refractivity contribution in [3.05, 3.63) is 60.2 Å². The summed E-state index contributed by atoms with van der Waals surface area (Å²) in [7, 11) is 1.80. The molecule has 0 heterocycles. The summed E-state index contributed by atoms with van der Waals surface area (Å²) >= 11 is 0. The van der Waals surface area contributed by atoms with E-state index in [2.05, 4.69) is 24.1 Å². The summed E-state index contributed by atoms with van der Waals surface area (Å²) in [5.41, 5.74) is 3.10. The third-order valence-corrected chi connectivity index (χ3v) is 3.86. The number of nitrogens with one attached hydrogen (secondary N) is 1. The number of anilines is 2. The SMILES string of the molecule is CCN(CC)c1ccc(NC(=O)N(C)Cc2ccccc2)cc1. The van der Waals surface area contributed by atoms with Crippen LogP contribution in [-0.2, 0) is 6.54 Å². The van der Waals surface area contributed by atoms with E-state index < -0.39 is 0 Å². The van der Waals surface area contributed by atoms with Gasteiger partial charge in [0.05, 0.1) is 0 Å². The molecule has 0 saturated carbocycles. The number of nitrogens with zero attached hydrogens (tertiary/aromatic N) is 2. The highest BCUT2D eigenvalue weighted by Gasteiger charge is 2.09. The van der Waals surface area contributed by atoms with E-state index in [1.165, 1.54) is 5.69 Å². The first-order valence-corrected chi connectivity index (χ1v) is 8.05. The molecule has 1 N–H and O–H groups in total. The fraction of sp³-hybridized carbons (Fsp3) is 0.316. The minimum Gasteiger partial charge on any atom is -0.372 e. The Morgan fingerprint density at radius 3 is 2.13 bits per heavy atom. The first kappa shape index (κ1) is 16.9. The lowest BCUT2D eigenvalue weighted by molar-refractivity contribution is 0.220. The second-order valence-electron chi connectivity index (χ2n) is 5.49. The first-order valence-electron chi connectivity index (χ1n) is 8.05. The molecule has 0 fully saturated rings. The van der Waals surface area contributed by atoms with Crippen molar-refractivity contribution in [1.82, 2.24) is 4.90 Å². The zero-order chi connectivity index (χ0) is 16.7. The van der Waals surface area contributed by atoms with Crippen LogP contribution in [0.1, 0.15) is 19.4 Å². The van der Waals surface area contributed by atoms with Gasteiger partial charge in [0.2, 0.25) is 0 Å². The highest BCUT2D eigenvalue weighted by Crippen LogP contribution is 2.18. The number of hydrogen-bond acceptors (Lipinski definition) is 2. The van der Waals surface area contributed by atoms with Gasteiger partial charge in [-0.1, -0.05) is 30.3 Å². The lowest BCUT2D eigenvalue weighted by atomic mass is 10.2. The van der Waals surface area contributed by atoms with E-state index in [0.29, 0.717) is 6.54 Å². The van der Waals surface area contributed by atoms with Crippen molar-refractivity contribution >= 4 is 17.4 Å². The number of benzene rings is 2. The molecule has 2 aromatic rings. The van der Waals surface area contributed by atoms with Crippen molar-refractivity contribution in [1.29, 1.82) is 0 Å². The molecule has 4 heteroatoms. The van der Waals surface area contributed by atoms with Crippen molar-refractivity contribution in [3.63, 3.8) is 0 Å². The van der Waals surface area contributed by atoms with Gasteiger partial charge < -0.3 is 15.1 Å². The van der Waals surface area contributed by atoms with Crippen LogP contribution < -0.4 is 10.2 Å². The third kappa shape index (κ3) is 4.74. The standard InChI is InChI=1S/C19H25N3O/c1-4-22(5-2)18-13-11-17(12-14-18)20-19(23)21(3)15-16-9-7-6-8-10-16/h6-14H,4-5,15H2,1-3H3,(H,20,23). The minimum atomic E-state index is -0.107. The topological polar surface area (TPSA) is 35.6 Å². The monoisotopic (exact) mass is 311 g/mol. The van der Waals surface area contributed by atoms with Gasteiger partial charge in [-0.2, -0.15) is 0 Å². The van der Waals surface area contributed by atoms with E-state index in [-0.39, 0.29) is 6.03 Å². The molecule has 0 atom stereocenters. The van der Waals surface area contributed by atoms with Crippen LogP contribution in [0.25, 0.3) is 0 Å². The number of urea groups is 1. The molecule has 2 rings (SSSR count). The molecule has 0 aromatic heterocycles. The molecule has 0 saturated heterocycles. The number of hydrogen-bond donors (Lipinski definition) is 1. The Kier molecular flexibility index (Phi) is 6.03. The van der Waals surface area contributed by atoms with Gasteiger partial charge in [0.1, 0.15) is 0 Å². The van der Waals surface area contributed by atoms with E-state index in [9.17, 15) is 4.79 Å². The Labute approximate surface area is 138 Å². The van der Waals surface area contributed by atoms with Crippen LogP contribution in [0, 0.1) is 0 Å². The maximum atomic E-state index is 12.3. The van der Waals surface area contributed by atoms with Gasteiger partial charge in [0, 0.05) is 38.1 Å². The van der Waals surface area contributed by atoms with Crippen LogP contribution >= 0.6 is 0 Å². The molecule has 2 aromatic carbocycles. The maximum Gasteiger partial charge on any atom is 0.321 e. The zero-order valence-corrected chi connectivity index (χ0v) is 14.1. The number of carbonyl (C=O) groups is 1. The molecule has 0 aliphatic rings. The molecule has 0 spiro atoms. The molecule has 0 bridgehead atoms. The summed E-state index contributed by atoms with van der Waals surface area (Å²) in [6.45, 7) is 6.81. The van der Waals surface area contributed by atoms with Crippen LogP contribution in [0.5, 0.6) is 0 Å². The normalized spacial score (nSPS) is 10.2. The summed E-state index contributed by atoms with van der Waals surface area (Å²) in [6.07, 6.45) is 0. The molecule has 0 aliphatic carbocycles. The lowest BCUT2D eigenvalue weighted by Gasteiger charge is -2.22. The van der Waals surface area contributed by atoms with Crippen LogP contribution in [0.2, 0.25) is 0 Å². The molecule has 23 heavy (non-hydrogen) atoms.